The van der Waals surface area contributed by atoms with Gasteiger partial charge in [-0.15, -0.1) is 0 Å². The van der Waals surface area contributed by atoms with Crippen molar-refractivity contribution in [3.63, 3.8) is 0 Å². The summed E-state index contributed by atoms with van der Waals surface area (Å²) in [5, 5.41) is 0. The van der Waals surface area contributed by atoms with Gasteiger partial charge in [-0.05, 0) is 211 Å². The van der Waals surface area contributed by atoms with Gasteiger partial charge in [0.15, 0.2) is 34.9 Å². The van der Waals surface area contributed by atoms with Gasteiger partial charge < -0.3 is 0 Å². The lowest BCUT2D eigenvalue weighted by atomic mass is 9.98. The minimum atomic E-state index is 0.586. The van der Waals surface area contributed by atoms with E-state index < -0.39 is 0 Å². The topological polar surface area (TPSA) is 155 Å². The molecule has 0 unspecified atom stereocenters. The predicted molar refractivity (Wildman–Crippen MR) is 484 cm³/mol. The standard InChI is InChI=1S/2C54H36N6/c1-10-37(28-43(16-1)49-22-7-25-55-34-49)40-13-4-19-46(31-40)52-58-53(47-20-5-14-41(32-47)38-11-2-17-44(29-38)50-23-8-26-56-35-50)60-54(59-52)48-21-6-15-42(33-48)39-12-3-18-45(30-39)51-24-9-27-57-36-51;1-4-28-55-49(25-1)43-19-7-13-37(31-43)40-16-10-22-46(34-40)52-58-53(47-23-11-17-41(35-47)38-14-8-20-44(32-38)50-26-2-5-29-56-50)60-54(59-52)48-24-12-18-42(36-48)39-15-9-21-45(33-39)51-27-3-6-30-57-51/h2*1-36H. The molecule has 20 rings (SSSR count). The van der Waals surface area contributed by atoms with Gasteiger partial charge in [0, 0.05) is 123 Å². The smallest absolute Gasteiger partial charge is 0.164 e. The van der Waals surface area contributed by atoms with Gasteiger partial charge in [-0.1, -0.05) is 255 Å². The molecule has 0 aliphatic rings. The summed E-state index contributed by atoms with van der Waals surface area (Å²) in [4.78, 5) is 57.8. The van der Waals surface area contributed by atoms with Crippen molar-refractivity contribution < 1.29 is 0 Å². The van der Waals surface area contributed by atoms with E-state index in [4.69, 9.17) is 29.9 Å². The van der Waals surface area contributed by atoms with Crippen molar-refractivity contribution in [2.45, 2.75) is 0 Å². The highest BCUT2D eigenvalue weighted by Crippen LogP contribution is 2.39. The third-order valence-electron chi connectivity index (χ3n) is 21.0. The Morgan fingerprint density at radius 3 is 0.450 bits per heavy atom. The fourth-order valence-electron chi connectivity index (χ4n) is 15.0. The van der Waals surface area contributed by atoms with Gasteiger partial charge >= 0.3 is 0 Å². The molecule has 0 atom stereocenters. The van der Waals surface area contributed by atoms with E-state index >= 15 is 0 Å². The third kappa shape index (κ3) is 16.8. The first-order chi connectivity index (χ1) is 59.4. The molecule has 0 amide bonds. The molecule has 12 nitrogen and oxygen atoms in total. The van der Waals surface area contributed by atoms with Gasteiger partial charge in [-0.2, -0.15) is 0 Å². The van der Waals surface area contributed by atoms with Crippen LogP contribution < -0.4 is 0 Å². The molecular weight excluding hydrogens is 1470 g/mol. The molecule has 0 radical (unpaired) electrons. The van der Waals surface area contributed by atoms with E-state index in [-0.39, 0.29) is 0 Å². The van der Waals surface area contributed by atoms with Crippen LogP contribution in [-0.2, 0) is 0 Å². The van der Waals surface area contributed by atoms with Crippen LogP contribution in [0.4, 0.5) is 0 Å². The lowest BCUT2D eigenvalue weighted by Crippen LogP contribution is -2.00. The Morgan fingerprint density at radius 2 is 0.275 bits per heavy atom. The van der Waals surface area contributed by atoms with Crippen molar-refractivity contribution >= 4 is 0 Å². The number of hydrogen-bond acceptors (Lipinski definition) is 12. The maximum atomic E-state index is 5.18. The molecule has 0 saturated carbocycles. The lowest BCUT2D eigenvalue weighted by Gasteiger charge is -2.12. The normalized spacial score (nSPS) is 11.0. The number of nitrogens with zero attached hydrogens (tertiary/aromatic N) is 12. The van der Waals surface area contributed by atoms with Crippen molar-refractivity contribution in [2.75, 3.05) is 0 Å². The van der Waals surface area contributed by atoms with Crippen molar-refractivity contribution in [3.05, 3.63) is 438 Å². The second-order valence-electron chi connectivity index (χ2n) is 29.0. The first-order valence-corrected chi connectivity index (χ1v) is 39.6. The molecule has 0 aliphatic heterocycles. The molecule has 0 fully saturated rings. The highest BCUT2D eigenvalue weighted by Gasteiger charge is 2.20. The first kappa shape index (κ1) is 73.7. The fraction of sp³-hybridized carbons (Fsp3) is 0. The molecule has 120 heavy (non-hydrogen) atoms. The van der Waals surface area contributed by atoms with E-state index in [1.807, 2.05) is 110 Å². The van der Waals surface area contributed by atoms with Gasteiger partial charge in [0.05, 0.1) is 17.1 Å². The summed E-state index contributed by atoms with van der Waals surface area (Å²) in [7, 11) is 0. The Kier molecular flexibility index (Phi) is 21.1. The Morgan fingerprint density at radius 1 is 0.117 bits per heavy atom. The molecule has 8 aromatic heterocycles. The van der Waals surface area contributed by atoms with Crippen LogP contribution in [0, 0.1) is 0 Å². The Balaban J connectivity index is 0.000000159. The van der Waals surface area contributed by atoms with E-state index in [0.717, 1.165) is 167 Å². The summed E-state index contributed by atoms with van der Waals surface area (Å²) in [5.41, 5.74) is 30.7. The summed E-state index contributed by atoms with van der Waals surface area (Å²) >= 11 is 0. The number of aromatic nitrogens is 12. The van der Waals surface area contributed by atoms with Gasteiger partial charge in [0.1, 0.15) is 0 Å². The molecule has 20 aromatic rings. The van der Waals surface area contributed by atoms with Crippen LogP contribution in [0.2, 0.25) is 0 Å². The second kappa shape index (κ2) is 34.3. The maximum absolute atomic E-state index is 5.18. The largest absolute Gasteiger partial charge is 0.264 e. The summed E-state index contributed by atoms with van der Waals surface area (Å²) in [6.07, 6.45) is 16.5. The van der Waals surface area contributed by atoms with Crippen LogP contribution in [0.15, 0.2) is 438 Å². The Hall–Kier alpha value is -16.4. The fourth-order valence-corrected chi connectivity index (χ4v) is 15.0. The summed E-state index contributed by atoms with van der Waals surface area (Å²) < 4.78 is 0. The maximum Gasteiger partial charge on any atom is 0.164 e. The highest BCUT2D eigenvalue weighted by atomic mass is 15.0. The van der Waals surface area contributed by atoms with Crippen LogP contribution in [-0.4, -0.2) is 59.8 Å². The average molecular weight is 1540 g/mol. The van der Waals surface area contributed by atoms with Gasteiger partial charge in [0.25, 0.3) is 0 Å². The van der Waals surface area contributed by atoms with Crippen molar-refractivity contribution in [1.82, 2.24) is 59.8 Å². The molecule has 0 bridgehead atoms. The SMILES string of the molecule is c1ccc(-c2cccc(-c3cccc(-c4nc(-c5cccc(-c6cccc(-c7ccccn7)c6)c5)nc(-c5cccc(-c6cccc(-c7ccccn7)c6)c5)n4)c3)c2)nc1.c1cncc(-c2cccc(-c3cccc(-c4nc(-c5cccc(-c6cccc(-c7cccnc7)c6)c5)nc(-c5cccc(-c6cccc(-c7cccnc7)c6)c5)n4)c3)c2)c1. The number of hydrogen-bond donors (Lipinski definition) is 0. The van der Waals surface area contributed by atoms with E-state index in [9.17, 15) is 0 Å². The van der Waals surface area contributed by atoms with E-state index in [1.165, 1.54) is 0 Å². The van der Waals surface area contributed by atoms with E-state index in [0.29, 0.717) is 34.9 Å². The summed E-state index contributed by atoms with van der Waals surface area (Å²) in [6.45, 7) is 0. The Bertz CT molecular complexity index is 5920. The lowest BCUT2D eigenvalue weighted by molar-refractivity contribution is 1.07. The number of pyridine rings is 6. The van der Waals surface area contributed by atoms with E-state index in [2.05, 4.69) is 339 Å². The molecule has 0 saturated heterocycles. The summed E-state index contributed by atoms with van der Waals surface area (Å²) in [5.74, 6) is 3.53. The number of benzene rings is 12. The van der Waals surface area contributed by atoms with Crippen LogP contribution in [0.25, 0.3) is 202 Å². The zero-order valence-corrected chi connectivity index (χ0v) is 64.9. The molecule has 0 aliphatic carbocycles. The molecule has 0 spiro atoms. The summed E-state index contributed by atoms with van der Waals surface area (Å²) in [6, 6.07) is 131. The number of rotatable bonds is 18. The Labute approximate surface area is 695 Å². The van der Waals surface area contributed by atoms with Crippen LogP contribution in [0.1, 0.15) is 0 Å². The van der Waals surface area contributed by atoms with Crippen molar-refractivity contribution in [2.24, 2.45) is 0 Å². The van der Waals surface area contributed by atoms with Crippen molar-refractivity contribution in [1.29, 1.82) is 0 Å². The molecule has 564 valence electrons. The monoisotopic (exact) mass is 1540 g/mol. The second-order valence-corrected chi connectivity index (χ2v) is 29.0. The van der Waals surface area contributed by atoms with Crippen LogP contribution >= 0.6 is 0 Å². The van der Waals surface area contributed by atoms with Gasteiger partial charge in [-0.25, -0.2) is 29.9 Å². The highest BCUT2D eigenvalue weighted by molar-refractivity contribution is 5.84. The van der Waals surface area contributed by atoms with Crippen LogP contribution in [0.3, 0.4) is 0 Å². The third-order valence-corrected chi connectivity index (χ3v) is 21.0. The van der Waals surface area contributed by atoms with Gasteiger partial charge in [-0.3, -0.25) is 29.9 Å². The average Bonchev–Trinajstić information content (AvgIpc) is 0.797. The van der Waals surface area contributed by atoms with Crippen LogP contribution in [0.5, 0.6) is 0 Å². The van der Waals surface area contributed by atoms with E-state index in [1.54, 1.807) is 18.6 Å². The molecule has 8 heterocycles. The molecule has 0 N–H and O–H groups in total. The van der Waals surface area contributed by atoms with Crippen molar-refractivity contribution in [3.8, 4) is 202 Å². The quantitative estimate of drug-likeness (QED) is 0.0803. The van der Waals surface area contributed by atoms with Gasteiger partial charge in [0.2, 0.25) is 0 Å². The minimum absolute atomic E-state index is 0.586. The predicted octanol–water partition coefficient (Wildman–Crippen LogP) is 26.1. The minimum Gasteiger partial charge on any atom is -0.264 e. The molecule has 12 heteroatoms. The first-order valence-electron chi connectivity index (χ1n) is 39.6. The zero-order valence-electron chi connectivity index (χ0n) is 64.9. The zero-order chi connectivity index (χ0) is 80.2. The molecule has 12 aromatic carbocycles. The molecular formula is C108H72N12.